The number of pyridine rings is 1. The molecule has 1 rings (SSSR count). The molecule has 0 radical (unpaired) electrons. The molecule has 0 bridgehead atoms. The van der Waals surface area contributed by atoms with Gasteiger partial charge in [-0.1, -0.05) is 6.07 Å². The van der Waals surface area contributed by atoms with Gasteiger partial charge in [0.25, 0.3) is 6.43 Å². The number of ether oxygens (including phenoxy) is 1. The van der Waals surface area contributed by atoms with Gasteiger partial charge in [-0.15, -0.1) is 0 Å². The average Bonchev–Trinajstić information content (AvgIpc) is 2.18. The van der Waals surface area contributed by atoms with Crippen LogP contribution in [0.15, 0.2) is 18.2 Å². The van der Waals surface area contributed by atoms with Crippen LogP contribution in [0.25, 0.3) is 0 Å². The van der Waals surface area contributed by atoms with E-state index in [2.05, 4.69) is 10.3 Å². The molecule has 0 fully saturated rings. The maximum Gasteiger partial charge on any atom is 0.258 e. The minimum absolute atomic E-state index is 0.386. The second kappa shape index (κ2) is 4.74. The number of alkyl halides is 2. The Kier molecular flexibility index (Phi) is 3.62. The molecule has 0 amide bonds. The van der Waals surface area contributed by atoms with Crippen molar-refractivity contribution in [3.05, 3.63) is 18.2 Å². The maximum atomic E-state index is 12.2. The number of anilines is 1. The molecule has 14 heavy (non-hydrogen) atoms. The van der Waals surface area contributed by atoms with Crippen molar-refractivity contribution in [3.8, 4) is 5.88 Å². The third-order valence-electron chi connectivity index (χ3n) is 1.69. The van der Waals surface area contributed by atoms with E-state index >= 15 is 0 Å². The van der Waals surface area contributed by atoms with Gasteiger partial charge in [0.2, 0.25) is 5.88 Å². The van der Waals surface area contributed by atoms with Crippen LogP contribution in [0.3, 0.4) is 0 Å². The summed E-state index contributed by atoms with van der Waals surface area (Å²) in [5.41, 5.74) is 0. The van der Waals surface area contributed by atoms with Gasteiger partial charge in [0.15, 0.2) is 0 Å². The third kappa shape index (κ3) is 2.83. The van der Waals surface area contributed by atoms with Crippen molar-refractivity contribution in [2.45, 2.75) is 19.4 Å². The Morgan fingerprint density at radius 2 is 2.14 bits per heavy atom. The number of hydrogen-bond acceptors (Lipinski definition) is 3. The Morgan fingerprint density at radius 1 is 1.43 bits per heavy atom. The predicted octanol–water partition coefficient (Wildman–Crippen LogP) is 2.16. The summed E-state index contributed by atoms with van der Waals surface area (Å²) in [5.74, 6) is 0.786. The highest BCUT2D eigenvalue weighted by molar-refractivity contribution is 5.37. The average molecular weight is 202 g/mol. The molecule has 0 aliphatic rings. The van der Waals surface area contributed by atoms with Gasteiger partial charge in [0, 0.05) is 6.07 Å². The molecular formula is C9H12F2N2O. The van der Waals surface area contributed by atoms with Crippen LogP contribution in [0.2, 0.25) is 0 Å². The van der Waals surface area contributed by atoms with E-state index in [0.717, 1.165) is 0 Å². The van der Waals surface area contributed by atoms with Crippen LogP contribution in [0, 0.1) is 0 Å². The molecule has 0 saturated carbocycles. The van der Waals surface area contributed by atoms with E-state index in [1.54, 1.807) is 18.2 Å². The van der Waals surface area contributed by atoms with Crippen LogP contribution < -0.4 is 10.1 Å². The summed E-state index contributed by atoms with van der Waals surface area (Å²) < 4.78 is 29.2. The molecular weight excluding hydrogens is 190 g/mol. The molecule has 1 atom stereocenters. The van der Waals surface area contributed by atoms with E-state index in [1.807, 2.05) is 0 Å². The monoisotopic (exact) mass is 202 g/mol. The van der Waals surface area contributed by atoms with Crippen LogP contribution in [-0.4, -0.2) is 24.6 Å². The van der Waals surface area contributed by atoms with Gasteiger partial charge < -0.3 is 10.1 Å². The van der Waals surface area contributed by atoms with Gasteiger partial charge >= 0.3 is 0 Å². The molecule has 1 unspecified atom stereocenters. The van der Waals surface area contributed by atoms with E-state index < -0.39 is 12.5 Å². The molecule has 0 aromatic carbocycles. The Labute approximate surface area is 81.1 Å². The first-order chi connectivity index (χ1) is 6.63. The Balaban J connectivity index is 2.66. The maximum absolute atomic E-state index is 12.2. The number of aromatic nitrogens is 1. The summed E-state index contributed by atoms with van der Waals surface area (Å²) in [7, 11) is 1.47. The van der Waals surface area contributed by atoms with Crippen LogP contribution in [-0.2, 0) is 0 Å². The highest BCUT2D eigenvalue weighted by atomic mass is 19.3. The van der Waals surface area contributed by atoms with Crippen LogP contribution in [0.4, 0.5) is 14.6 Å². The molecule has 0 aliphatic carbocycles. The van der Waals surface area contributed by atoms with E-state index in [1.165, 1.54) is 14.0 Å². The van der Waals surface area contributed by atoms with Crippen molar-refractivity contribution in [2.75, 3.05) is 12.4 Å². The molecule has 1 heterocycles. The highest BCUT2D eigenvalue weighted by Crippen LogP contribution is 2.13. The second-order valence-electron chi connectivity index (χ2n) is 2.83. The first kappa shape index (κ1) is 10.7. The zero-order valence-electron chi connectivity index (χ0n) is 8.00. The predicted molar refractivity (Wildman–Crippen MR) is 49.9 cm³/mol. The lowest BCUT2D eigenvalue weighted by molar-refractivity contribution is 0.130. The summed E-state index contributed by atoms with van der Waals surface area (Å²) in [5, 5.41) is 2.57. The fraction of sp³-hybridized carbons (Fsp3) is 0.444. The number of nitrogens with zero attached hydrogens (tertiary/aromatic N) is 1. The fourth-order valence-corrected chi connectivity index (χ4v) is 0.905. The fourth-order valence-electron chi connectivity index (χ4n) is 0.905. The van der Waals surface area contributed by atoms with E-state index in [-0.39, 0.29) is 0 Å². The van der Waals surface area contributed by atoms with Gasteiger partial charge in [-0.2, -0.15) is 4.98 Å². The van der Waals surface area contributed by atoms with Crippen LogP contribution in [0.1, 0.15) is 6.92 Å². The Bertz CT molecular complexity index is 294. The summed E-state index contributed by atoms with van der Waals surface area (Å²) in [6.07, 6.45) is -2.41. The normalized spacial score (nSPS) is 12.6. The smallest absolute Gasteiger partial charge is 0.258 e. The van der Waals surface area contributed by atoms with Crippen LogP contribution >= 0.6 is 0 Å². The minimum atomic E-state index is -2.41. The van der Waals surface area contributed by atoms with Gasteiger partial charge in [-0.05, 0) is 13.0 Å². The Hall–Kier alpha value is -1.39. The largest absolute Gasteiger partial charge is 0.481 e. The molecule has 1 aromatic rings. The van der Waals surface area contributed by atoms with Crippen molar-refractivity contribution >= 4 is 5.82 Å². The van der Waals surface area contributed by atoms with Gasteiger partial charge in [-0.25, -0.2) is 8.78 Å². The lowest BCUT2D eigenvalue weighted by Gasteiger charge is -2.13. The quantitative estimate of drug-likeness (QED) is 0.812. The number of halogens is 2. The summed E-state index contributed by atoms with van der Waals surface area (Å²) in [6, 6.07) is 4.03. The molecule has 0 saturated heterocycles. The molecule has 5 heteroatoms. The molecule has 1 N–H and O–H groups in total. The van der Waals surface area contributed by atoms with Crippen molar-refractivity contribution in [2.24, 2.45) is 0 Å². The van der Waals surface area contributed by atoms with Crippen molar-refractivity contribution in [1.29, 1.82) is 0 Å². The van der Waals surface area contributed by atoms with Crippen LogP contribution in [0.5, 0.6) is 5.88 Å². The van der Waals surface area contributed by atoms with Gasteiger partial charge in [0.05, 0.1) is 13.2 Å². The third-order valence-corrected chi connectivity index (χ3v) is 1.69. The topological polar surface area (TPSA) is 34.1 Å². The summed E-state index contributed by atoms with van der Waals surface area (Å²) in [4.78, 5) is 3.95. The molecule has 3 nitrogen and oxygen atoms in total. The molecule has 1 aromatic heterocycles. The highest BCUT2D eigenvalue weighted by Gasteiger charge is 2.14. The number of hydrogen-bond donors (Lipinski definition) is 1. The number of methoxy groups -OCH3 is 1. The lowest BCUT2D eigenvalue weighted by atomic mass is 10.3. The first-order valence-corrected chi connectivity index (χ1v) is 4.19. The number of rotatable bonds is 4. The first-order valence-electron chi connectivity index (χ1n) is 4.19. The molecule has 0 aliphatic heterocycles. The zero-order valence-corrected chi connectivity index (χ0v) is 8.00. The van der Waals surface area contributed by atoms with Crippen molar-refractivity contribution in [1.82, 2.24) is 4.98 Å². The van der Waals surface area contributed by atoms with Gasteiger partial charge in [-0.3, -0.25) is 0 Å². The Morgan fingerprint density at radius 3 is 2.71 bits per heavy atom. The summed E-state index contributed by atoms with van der Waals surface area (Å²) in [6.45, 7) is 1.39. The van der Waals surface area contributed by atoms with Crippen molar-refractivity contribution < 1.29 is 13.5 Å². The lowest BCUT2D eigenvalue weighted by Crippen LogP contribution is -2.24. The minimum Gasteiger partial charge on any atom is -0.481 e. The van der Waals surface area contributed by atoms with E-state index in [4.69, 9.17) is 4.74 Å². The zero-order chi connectivity index (χ0) is 10.6. The number of nitrogens with one attached hydrogen (secondary N) is 1. The standard InChI is InChI=1S/C9H12F2N2O/c1-6(9(10)11)12-7-4-3-5-8(13-7)14-2/h3-6,9H,1-2H3,(H,12,13). The van der Waals surface area contributed by atoms with E-state index in [0.29, 0.717) is 11.7 Å². The molecule has 78 valence electrons. The van der Waals surface area contributed by atoms with E-state index in [9.17, 15) is 8.78 Å². The van der Waals surface area contributed by atoms with Crippen molar-refractivity contribution in [3.63, 3.8) is 0 Å². The summed E-state index contributed by atoms with van der Waals surface area (Å²) >= 11 is 0. The second-order valence-corrected chi connectivity index (χ2v) is 2.83. The SMILES string of the molecule is COc1cccc(NC(C)C(F)F)n1. The van der Waals surface area contributed by atoms with Gasteiger partial charge in [0.1, 0.15) is 5.82 Å². The molecule has 0 spiro atoms.